The fourth-order valence-electron chi connectivity index (χ4n) is 2.72. The van der Waals surface area contributed by atoms with E-state index in [4.69, 9.17) is 11.6 Å². The van der Waals surface area contributed by atoms with Crippen molar-refractivity contribution in [2.45, 2.75) is 45.2 Å². The summed E-state index contributed by atoms with van der Waals surface area (Å²) in [6, 6.07) is 8.27. The highest BCUT2D eigenvalue weighted by atomic mass is 35.5. The Morgan fingerprint density at radius 2 is 1.89 bits per heavy atom. The van der Waals surface area contributed by atoms with E-state index >= 15 is 0 Å². The molecule has 1 heterocycles. The van der Waals surface area contributed by atoms with E-state index in [1.807, 2.05) is 18.2 Å². The summed E-state index contributed by atoms with van der Waals surface area (Å²) >= 11 is 6.07. The van der Waals surface area contributed by atoms with Crippen LogP contribution in [-0.2, 0) is 0 Å². The van der Waals surface area contributed by atoms with Crippen molar-refractivity contribution in [2.75, 3.05) is 6.54 Å². The van der Waals surface area contributed by atoms with Crippen molar-refractivity contribution in [1.29, 1.82) is 0 Å². The lowest BCUT2D eigenvalue weighted by atomic mass is 9.96. The molecule has 1 aliphatic heterocycles. The molecule has 2 nitrogen and oxygen atoms in total. The summed E-state index contributed by atoms with van der Waals surface area (Å²) in [4.78, 5) is 14.6. The molecule has 1 saturated heterocycles. The Hall–Kier alpha value is -0.860. The third kappa shape index (κ3) is 2.93. The summed E-state index contributed by atoms with van der Waals surface area (Å²) in [6.07, 6.45) is 3.62. The number of likely N-dealkylation sites (tertiary alicyclic amines) is 1. The van der Waals surface area contributed by atoms with Gasteiger partial charge in [-0.3, -0.25) is 9.69 Å². The molecule has 1 fully saturated rings. The zero-order valence-electron chi connectivity index (χ0n) is 11.0. The Morgan fingerprint density at radius 3 is 2.50 bits per heavy atom. The highest BCUT2D eigenvalue weighted by molar-refractivity contribution is 6.34. The van der Waals surface area contributed by atoms with Crippen molar-refractivity contribution < 1.29 is 4.79 Å². The molecule has 0 bridgehead atoms. The predicted molar refractivity (Wildman–Crippen MR) is 75.3 cm³/mol. The Morgan fingerprint density at radius 1 is 1.28 bits per heavy atom. The van der Waals surface area contributed by atoms with Crippen LogP contribution in [0.1, 0.15) is 43.5 Å². The molecule has 18 heavy (non-hydrogen) atoms. The molecule has 0 radical (unpaired) electrons. The number of piperidine rings is 1. The minimum absolute atomic E-state index is 0.126. The van der Waals surface area contributed by atoms with Gasteiger partial charge in [0.05, 0.1) is 11.6 Å². The van der Waals surface area contributed by atoms with Crippen LogP contribution in [0.2, 0.25) is 5.02 Å². The quantitative estimate of drug-likeness (QED) is 0.775. The van der Waals surface area contributed by atoms with Crippen LogP contribution in [0.25, 0.3) is 0 Å². The van der Waals surface area contributed by atoms with Gasteiger partial charge in [0.1, 0.15) is 0 Å². The summed E-state index contributed by atoms with van der Waals surface area (Å²) in [5, 5.41) is 0.555. The maximum atomic E-state index is 12.3. The number of benzene rings is 1. The number of Topliss-reactive ketones (excluding diaryl/α,β-unsaturated/α-hetero) is 1. The van der Waals surface area contributed by atoms with Crippen LogP contribution in [0, 0.1) is 0 Å². The van der Waals surface area contributed by atoms with Crippen LogP contribution < -0.4 is 0 Å². The predicted octanol–water partition coefficient (Wildman–Crippen LogP) is 3.79. The Bertz CT molecular complexity index is 422. The molecular weight excluding hydrogens is 246 g/mol. The first kappa shape index (κ1) is 13.6. The number of ketones is 1. The number of halogens is 1. The Labute approximate surface area is 114 Å². The number of carbonyl (C=O) groups excluding carboxylic acids is 1. The van der Waals surface area contributed by atoms with Gasteiger partial charge in [-0.25, -0.2) is 0 Å². The minimum Gasteiger partial charge on any atom is -0.293 e. The van der Waals surface area contributed by atoms with Crippen LogP contribution in [-0.4, -0.2) is 29.3 Å². The van der Waals surface area contributed by atoms with Gasteiger partial charge in [0.15, 0.2) is 5.78 Å². The van der Waals surface area contributed by atoms with Gasteiger partial charge in [0.25, 0.3) is 0 Å². The second kappa shape index (κ2) is 5.85. The number of hydrogen-bond acceptors (Lipinski definition) is 2. The molecule has 0 aliphatic carbocycles. The van der Waals surface area contributed by atoms with Crippen LogP contribution >= 0.6 is 11.6 Å². The molecular formula is C15H20ClNO. The maximum absolute atomic E-state index is 12.3. The standard InChI is InChI=1S/C15H20ClNO/c1-11-6-5-7-12(2)17(11)10-15(18)13-8-3-4-9-14(13)16/h3-4,8-9,11-12H,5-7,10H2,1-2H3. The lowest BCUT2D eigenvalue weighted by Crippen LogP contribution is -2.46. The van der Waals surface area contributed by atoms with Gasteiger partial charge in [0, 0.05) is 17.6 Å². The Balaban J connectivity index is 2.09. The van der Waals surface area contributed by atoms with Crippen molar-refractivity contribution in [1.82, 2.24) is 4.90 Å². The van der Waals surface area contributed by atoms with Crippen LogP contribution in [0.3, 0.4) is 0 Å². The fourth-order valence-corrected chi connectivity index (χ4v) is 2.97. The van der Waals surface area contributed by atoms with E-state index in [-0.39, 0.29) is 5.78 Å². The van der Waals surface area contributed by atoms with E-state index in [1.165, 1.54) is 19.3 Å². The molecule has 3 heteroatoms. The van der Waals surface area contributed by atoms with Crippen LogP contribution in [0.5, 0.6) is 0 Å². The average molecular weight is 266 g/mol. The SMILES string of the molecule is CC1CCCC(C)N1CC(=O)c1ccccc1Cl. The van der Waals surface area contributed by atoms with E-state index in [9.17, 15) is 4.79 Å². The maximum Gasteiger partial charge on any atom is 0.178 e. The van der Waals surface area contributed by atoms with Gasteiger partial charge in [-0.1, -0.05) is 30.2 Å². The van der Waals surface area contributed by atoms with Crippen molar-refractivity contribution in [3.8, 4) is 0 Å². The molecule has 0 saturated carbocycles. The first-order chi connectivity index (χ1) is 8.59. The molecule has 0 N–H and O–H groups in total. The molecule has 0 spiro atoms. The van der Waals surface area contributed by atoms with Crippen molar-refractivity contribution >= 4 is 17.4 Å². The van der Waals surface area contributed by atoms with Crippen molar-refractivity contribution in [2.24, 2.45) is 0 Å². The van der Waals surface area contributed by atoms with Gasteiger partial charge in [-0.2, -0.15) is 0 Å². The van der Waals surface area contributed by atoms with Crippen LogP contribution in [0.4, 0.5) is 0 Å². The van der Waals surface area contributed by atoms with Gasteiger partial charge in [0.2, 0.25) is 0 Å². The lowest BCUT2D eigenvalue weighted by Gasteiger charge is -2.38. The number of hydrogen-bond donors (Lipinski definition) is 0. The van der Waals surface area contributed by atoms with Gasteiger partial charge in [-0.05, 0) is 38.8 Å². The highest BCUT2D eigenvalue weighted by Crippen LogP contribution is 2.23. The fraction of sp³-hybridized carbons (Fsp3) is 0.533. The molecule has 1 aliphatic rings. The number of rotatable bonds is 3. The lowest BCUT2D eigenvalue weighted by molar-refractivity contribution is 0.0734. The monoisotopic (exact) mass is 265 g/mol. The molecule has 0 amide bonds. The topological polar surface area (TPSA) is 20.3 Å². The minimum atomic E-state index is 0.126. The molecule has 1 aromatic rings. The van der Waals surface area contributed by atoms with E-state index in [0.29, 0.717) is 29.2 Å². The summed E-state index contributed by atoms with van der Waals surface area (Å²) < 4.78 is 0. The van der Waals surface area contributed by atoms with E-state index < -0.39 is 0 Å². The first-order valence-corrected chi connectivity index (χ1v) is 7.01. The first-order valence-electron chi connectivity index (χ1n) is 6.63. The Kier molecular flexibility index (Phi) is 4.41. The second-order valence-electron chi connectivity index (χ2n) is 5.20. The third-order valence-corrected chi connectivity index (χ3v) is 4.21. The van der Waals surface area contributed by atoms with Gasteiger partial charge >= 0.3 is 0 Å². The van der Waals surface area contributed by atoms with Crippen molar-refractivity contribution in [3.63, 3.8) is 0 Å². The normalized spacial score (nSPS) is 25.1. The second-order valence-corrected chi connectivity index (χ2v) is 5.61. The summed E-state index contributed by atoms with van der Waals surface area (Å²) in [6.45, 7) is 4.89. The van der Waals surface area contributed by atoms with Crippen molar-refractivity contribution in [3.05, 3.63) is 34.9 Å². The molecule has 2 rings (SSSR count). The zero-order chi connectivity index (χ0) is 13.1. The van der Waals surface area contributed by atoms with E-state index in [0.717, 1.165) is 0 Å². The highest BCUT2D eigenvalue weighted by Gasteiger charge is 2.27. The average Bonchev–Trinajstić information content (AvgIpc) is 2.34. The molecule has 1 aromatic carbocycles. The molecule has 0 aromatic heterocycles. The third-order valence-electron chi connectivity index (χ3n) is 3.88. The van der Waals surface area contributed by atoms with E-state index in [1.54, 1.807) is 6.07 Å². The van der Waals surface area contributed by atoms with Crippen LogP contribution in [0.15, 0.2) is 24.3 Å². The summed E-state index contributed by atoms with van der Waals surface area (Å²) in [7, 11) is 0. The molecule has 2 atom stereocenters. The zero-order valence-corrected chi connectivity index (χ0v) is 11.8. The summed E-state index contributed by atoms with van der Waals surface area (Å²) in [5.41, 5.74) is 0.643. The molecule has 2 unspecified atom stereocenters. The summed E-state index contributed by atoms with van der Waals surface area (Å²) in [5.74, 6) is 0.126. The molecule has 98 valence electrons. The number of nitrogens with zero attached hydrogens (tertiary/aromatic N) is 1. The number of carbonyl (C=O) groups is 1. The van der Waals surface area contributed by atoms with Gasteiger partial charge < -0.3 is 0 Å². The largest absolute Gasteiger partial charge is 0.293 e. The van der Waals surface area contributed by atoms with E-state index in [2.05, 4.69) is 18.7 Å². The smallest absolute Gasteiger partial charge is 0.178 e. The van der Waals surface area contributed by atoms with Gasteiger partial charge in [-0.15, -0.1) is 0 Å².